The Balaban J connectivity index is 3.27. The Morgan fingerprint density at radius 1 is 1.38 bits per heavy atom. The van der Waals surface area contributed by atoms with Gasteiger partial charge in [-0.25, -0.2) is 8.42 Å². The van der Waals surface area contributed by atoms with Crippen LogP contribution in [0.4, 0.5) is 0 Å². The lowest BCUT2D eigenvalue weighted by Gasteiger charge is -2.10. The highest BCUT2D eigenvalue weighted by Crippen LogP contribution is 2.00. The molecule has 5 nitrogen and oxygen atoms in total. The normalized spacial score (nSPS) is 14.4. The fourth-order valence-electron chi connectivity index (χ4n) is 0.597. The Bertz CT molecular complexity index is 211. The third-order valence-corrected chi connectivity index (χ3v) is 2.01. The zero-order valence-corrected chi connectivity index (χ0v) is 8.67. The van der Waals surface area contributed by atoms with E-state index in [0.29, 0.717) is 12.5 Å². The van der Waals surface area contributed by atoms with Crippen molar-refractivity contribution in [2.45, 2.75) is 20.3 Å². The predicted octanol–water partition coefficient (Wildman–Crippen LogP) is 0.526. The van der Waals surface area contributed by atoms with Gasteiger partial charge in [-0.15, -0.1) is 0 Å². The summed E-state index contributed by atoms with van der Waals surface area (Å²) >= 11 is 0. The SMILES string of the molecule is CCC(C)COCCOS(=O)(=O)[O-]. The second kappa shape index (κ2) is 6.31. The summed E-state index contributed by atoms with van der Waals surface area (Å²) in [5.41, 5.74) is 0. The van der Waals surface area contributed by atoms with Crippen molar-refractivity contribution in [3.05, 3.63) is 0 Å². The lowest BCUT2D eigenvalue weighted by molar-refractivity contribution is 0.0749. The maximum Gasteiger partial charge on any atom is 0.217 e. The monoisotopic (exact) mass is 211 g/mol. The van der Waals surface area contributed by atoms with Crippen LogP contribution in [0.5, 0.6) is 0 Å². The molecule has 0 rings (SSSR count). The summed E-state index contributed by atoms with van der Waals surface area (Å²) in [6, 6.07) is 0. The molecule has 0 spiro atoms. The molecule has 0 heterocycles. The minimum atomic E-state index is -4.56. The summed E-state index contributed by atoms with van der Waals surface area (Å²) in [5, 5.41) is 0. The van der Waals surface area contributed by atoms with E-state index in [2.05, 4.69) is 4.18 Å². The topological polar surface area (TPSA) is 75.7 Å². The van der Waals surface area contributed by atoms with E-state index in [0.717, 1.165) is 6.42 Å². The van der Waals surface area contributed by atoms with Crippen LogP contribution in [0.15, 0.2) is 0 Å². The zero-order chi connectivity index (χ0) is 10.3. The highest BCUT2D eigenvalue weighted by molar-refractivity contribution is 7.80. The van der Waals surface area contributed by atoms with Crippen molar-refractivity contribution in [2.75, 3.05) is 19.8 Å². The third kappa shape index (κ3) is 9.75. The Morgan fingerprint density at radius 3 is 2.46 bits per heavy atom. The van der Waals surface area contributed by atoms with Gasteiger partial charge in [-0.3, -0.25) is 4.18 Å². The maximum absolute atomic E-state index is 9.95. The van der Waals surface area contributed by atoms with E-state index >= 15 is 0 Å². The smallest absolute Gasteiger partial charge is 0.217 e. The molecule has 0 aliphatic carbocycles. The molecular formula is C7H15O5S-. The molecule has 0 aromatic rings. The van der Waals surface area contributed by atoms with Gasteiger partial charge in [0.25, 0.3) is 0 Å². The van der Waals surface area contributed by atoms with Gasteiger partial charge in [0.05, 0.1) is 13.2 Å². The van der Waals surface area contributed by atoms with Gasteiger partial charge in [-0.1, -0.05) is 20.3 Å². The molecule has 0 amide bonds. The minimum Gasteiger partial charge on any atom is -0.726 e. The summed E-state index contributed by atoms with van der Waals surface area (Å²) in [7, 11) is -4.56. The Kier molecular flexibility index (Phi) is 6.23. The molecule has 0 aliphatic rings. The largest absolute Gasteiger partial charge is 0.726 e. The zero-order valence-electron chi connectivity index (χ0n) is 7.86. The molecule has 0 bridgehead atoms. The van der Waals surface area contributed by atoms with E-state index in [1.807, 2.05) is 13.8 Å². The van der Waals surface area contributed by atoms with Gasteiger partial charge in [-0.2, -0.15) is 0 Å². The van der Waals surface area contributed by atoms with Crippen LogP contribution in [0.2, 0.25) is 0 Å². The van der Waals surface area contributed by atoms with E-state index in [9.17, 15) is 13.0 Å². The molecule has 0 aliphatic heterocycles. The van der Waals surface area contributed by atoms with Gasteiger partial charge in [0, 0.05) is 6.61 Å². The molecule has 80 valence electrons. The van der Waals surface area contributed by atoms with Crippen LogP contribution in [0, 0.1) is 5.92 Å². The first-order valence-corrected chi connectivity index (χ1v) is 5.47. The molecule has 0 saturated heterocycles. The third-order valence-electron chi connectivity index (χ3n) is 1.55. The van der Waals surface area contributed by atoms with E-state index in [-0.39, 0.29) is 13.2 Å². The van der Waals surface area contributed by atoms with Gasteiger partial charge < -0.3 is 9.29 Å². The molecule has 0 aromatic carbocycles. The van der Waals surface area contributed by atoms with E-state index in [4.69, 9.17) is 4.74 Å². The molecule has 1 atom stereocenters. The van der Waals surface area contributed by atoms with Gasteiger partial charge >= 0.3 is 0 Å². The van der Waals surface area contributed by atoms with Gasteiger partial charge in [-0.05, 0) is 5.92 Å². The predicted molar refractivity (Wildman–Crippen MR) is 45.9 cm³/mol. The molecule has 0 aromatic heterocycles. The standard InChI is InChI=1S/C7H16O5S/c1-3-7(2)6-11-4-5-12-13(8,9)10/h7H,3-6H2,1-2H3,(H,8,9,10)/p-1. The molecule has 0 radical (unpaired) electrons. The number of hydrogen-bond acceptors (Lipinski definition) is 5. The Hall–Kier alpha value is -0.170. The van der Waals surface area contributed by atoms with Gasteiger partial charge in [0.2, 0.25) is 10.4 Å². The van der Waals surface area contributed by atoms with Crippen molar-refractivity contribution < 1.29 is 21.9 Å². The van der Waals surface area contributed by atoms with Crippen molar-refractivity contribution in [3.63, 3.8) is 0 Å². The summed E-state index contributed by atoms with van der Waals surface area (Å²) in [4.78, 5) is 0. The highest BCUT2D eigenvalue weighted by Gasteiger charge is 1.99. The quantitative estimate of drug-likeness (QED) is 0.349. The molecule has 0 saturated carbocycles. The van der Waals surface area contributed by atoms with Crippen molar-refractivity contribution >= 4 is 10.4 Å². The number of rotatable bonds is 7. The summed E-state index contributed by atoms with van der Waals surface area (Å²) < 4.78 is 38.8. The molecule has 6 heteroatoms. The van der Waals surface area contributed by atoms with E-state index < -0.39 is 10.4 Å². The van der Waals surface area contributed by atoms with E-state index in [1.165, 1.54) is 0 Å². The molecule has 1 unspecified atom stereocenters. The van der Waals surface area contributed by atoms with Crippen molar-refractivity contribution in [1.82, 2.24) is 0 Å². The van der Waals surface area contributed by atoms with Crippen LogP contribution < -0.4 is 0 Å². The maximum atomic E-state index is 9.95. The van der Waals surface area contributed by atoms with Crippen LogP contribution >= 0.6 is 0 Å². The summed E-state index contributed by atoms with van der Waals surface area (Å²) in [6.07, 6.45) is 1.00. The fraction of sp³-hybridized carbons (Fsp3) is 1.00. The van der Waals surface area contributed by atoms with Crippen molar-refractivity contribution in [1.29, 1.82) is 0 Å². The molecule has 13 heavy (non-hydrogen) atoms. The fourth-order valence-corrected chi connectivity index (χ4v) is 0.870. The first-order valence-electron chi connectivity index (χ1n) is 4.13. The minimum absolute atomic E-state index is 0.131. The second-order valence-electron chi connectivity index (χ2n) is 2.82. The average Bonchev–Trinajstić information content (AvgIpc) is 2.01. The average molecular weight is 211 g/mol. The lowest BCUT2D eigenvalue weighted by Crippen LogP contribution is -2.13. The van der Waals surface area contributed by atoms with Crippen molar-refractivity contribution in [3.8, 4) is 0 Å². The van der Waals surface area contributed by atoms with Crippen LogP contribution in [-0.2, 0) is 19.3 Å². The first kappa shape index (κ1) is 12.8. The van der Waals surface area contributed by atoms with Crippen LogP contribution in [0.3, 0.4) is 0 Å². The van der Waals surface area contributed by atoms with Crippen LogP contribution in [-0.4, -0.2) is 32.8 Å². The molecular weight excluding hydrogens is 196 g/mol. The van der Waals surface area contributed by atoms with Gasteiger partial charge in [0.15, 0.2) is 0 Å². The summed E-state index contributed by atoms with van der Waals surface area (Å²) in [5.74, 6) is 0.434. The van der Waals surface area contributed by atoms with Crippen LogP contribution in [0.1, 0.15) is 20.3 Å². The summed E-state index contributed by atoms with van der Waals surface area (Å²) in [6.45, 7) is 4.53. The number of hydrogen-bond donors (Lipinski definition) is 0. The molecule has 0 fully saturated rings. The highest BCUT2D eigenvalue weighted by atomic mass is 32.3. The Labute approximate surface area is 79.0 Å². The van der Waals surface area contributed by atoms with Crippen molar-refractivity contribution in [2.24, 2.45) is 5.92 Å². The van der Waals surface area contributed by atoms with Crippen LogP contribution in [0.25, 0.3) is 0 Å². The number of ether oxygens (including phenoxy) is 1. The lowest BCUT2D eigenvalue weighted by atomic mass is 10.1. The second-order valence-corrected chi connectivity index (χ2v) is 3.87. The Morgan fingerprint density at radius 2 is 2.00 bits per heavy atom. The first-order chi connectivity index (χ1) is 5.95. The van der Waals surface area contributed by atoms with Gasteiger partial charge in [0.1, 0.15) is 0 Å². The molecule has 0 N–H and O–H groups in total. The van der Waals surface area contributed by atoms with E-state index in [1.54, 1.807) is 0 Å².